The Morgan fingerprint density at radius 3 is 2.24 bits per heavy atom. The lowest BCUT2D eigenvalue weighted by atomic mass is 9.70. The highest BCUT2D eigenvalue weighted by Crippen LogP contribution is 2.66. The summed E-state index contributed by atoms with van der Waals surface area (Å²) in [5.41, 5.74) is 15.6. The molecular weight excluding hydrogens is 778 g/mol. The van der Waals surface area contributed by atoms with Crippen LogP contribution in [0.25, 0.3) is 82.7 Å². The van der Waals surface area contributed by atoms with Gasteiger partial charge in [-0.1, -0.05) is 109 Å². The lowest BCUT2D eigenvalue weighted by molar-refractivity contribution is 0.616. The number of halogens is 1. The number of pyridine rings is 1. The number of anilines is 3. The van der Waals surface area contributed by atoms with E-state index in [1.54, 1.807) is 18.4 Å². The highest BCUT2D eigenvalue weighted by Gasteiger charge is 2.54. The number of rotatable bonds is 4. The van der Waals surface area contributed by atoms with E-state index >= 15 is 4.39 Å². The Kier molecular flexibility index (Phi) is 6.81. The van der Waals surface area contributed by atoms with Gasteiger partial charge in [-0.05, 0) is 113 Å². The van der Waals surface area contributed by atoms with Crippen LogP contribution in [0.3, 0.4) is 0 Å². The normalized spacial score (nSPS) is 14.9. The number of aryl methyl sites for hydroxylation is 1. The second kappa shape index (κ2) is 12.4. The number of benzene rings is 8. The lowest BCUT2D eigenvalue weighted by Crippen LogP contribution is -2.26. The molecule has 8 aromatic carbocycles. The van der Waals surface area contributed by atoms with Crippen molar-refractivity contribution >= 4 is 71.9 Å². The van der Waals surface area contributed by atoms with E-state index in [0.717, 1.165) is 128 Å². The Morgan fingerprint density at radius 2 is 1.35 bits per heavy atom. The smallest absolute Gasteiger partial charge is 0.145 e. The van der Waals surface area contributed by atoms with Crippen molar-refractivity contribution < 1.29 is 13.2 Å². The molecule has 296 valence electrons. The Morgan fingerprint density at radius 1 is 0.571 bits per heavy atom. The molecule has 0 fully saturated rings. The van der Waals surface area contributed by atoms with Gasteiger partial charge in [0.05, 0.1) is 39.5 Å². The fourth-order valence-corrected chi connectivity index (χ4v) is 11.2. The highest BCUT2D eigenvalue weighted by molar-refractivity contribution is 6.23. The van der Waals surface area contributed by atoms with Crippen LogP contribution in [0, 0.1) is 12.7 Å². The molecular formula is C57H34FN3O2. The van der Waals surface area contributed by atoms with E-state index in [0.29, 0.717) is 0 Å². The first-order valence-corrected chi connectivity index (χ1v) is 21.3. The van der Waals surface area contributed by atoms with Crippen molar-refractivity contribution in [2.75, 3.05) is 4.90 Å². The van der Waals surface area contributed by atoms with Crippen LogP contribution in [0.2, 0.25) is 0 Å². The molecule has 0 saturated heterocycles. The van der Waals surface area contributed by atoms with Crippen LogP contribution < -0.4 is 4.90 Å². The summed E-state index contributed by atoms with van der Waals surface area (Å²) in [4.78, 5) is 7.54. The number of para-hydroxylation sites is 3. The van der Waals surface area contributed by atoms with Crippen LogP contribution in [0.5, 0.6) is 0 Å². The molecule has 2 aliphatic rings. The SMILES string of the molecule is Cc1ccc(N(c2cc3c(c4oc5ccccc5c24)-c2c(ccc4ccoc24)C32c3ccccc3-c3ccc(F)cc32)c2cccc3c2c2ccccc2n3-c2ccccc2)nc1. The first-order valence-electron chi connectivity index (χ1n) is 21.3. The van der Waals surface area contributed by atoms with Crippen LogP contribution in [-0.4, -0.2) is 9.55 Å². The van der Waals surface area contributed by atoms with Crippen LogP contribution >= 0.6 is 0 Å². The van der Waals surface area contributed by atoms with Crippen LogP contribution in [0.15, 0.2) is 197 Å². The van der Waals surface area contributed by atoms with Crippen molar-refractivity contribution in [2.24, 2.45) is 0 Å². The highest BCUT2D eigenvalue weighted by atomic mass is 19.1. The van der Waals surface area contributed by atoms with E-state index in [9.17, 15) is 0 Å². The Hall–Kier alpha value is -8.22. The van der Waals surface area contributed by atoms with Gasteiger partial charge in [0.15, 0.2) is 0 Å². The molecule has 14 rings (SSSR count). The van der Waals surface area contributed by atoms with Crippen molar-refractivity contribution in [1.82, 2.24) is 9.55 Å². The van der Waals surface area contributed by atoms with Gasteiger partial charge in [-0.25, -0.2) is 9.37 Å². The number of nitrogens with zero attached hydrogens (tertiary/aromatic N) is 3. The number of fused-ring (bicyclic) bond motifs is 19. The molecule has 0 bridgehead atoms. The number of furan rings is 2. The minimum Gasteiger partial charge on any atom is -0.464 e. The zero-order valence-corrected chi connectivity index (χ0v) is 33.9. The van der Waals surface area contributed by atoms with Crippen molar-refractivity contribution in [3.8, 4) is 27.9 Å². The summed E-state index contributed by atoms with van der Waals surface area (Å²) < 4.78 is 32.0. The summed E-state index contributed by atoms with van der Waals surface area (Å²) in [5.74, 6) is 0.472. The number of hydrogen-bond acceptors (Lipinski definition) is 4. The van der Waals surface area contributed by atoms with Gasteiger partial charge in [0.2, 0.25) is 0 Å². The zero-order valence-electron chi connectivity index (χ0n) is 33.9. The lowest BCUT2D eigenvalue weighted by Gasteiger charge is -2.32. The molecule has 5 nitrogen and oxygen atoms in total. The summed E-state index contributed by atoms with van der Waals surface area (Å²) in [6, 6.07) is 60.8. The molecule has 4 heterocycles. The topological polar surface area (TPSA) is 47.3 Å². The third kappa shape index (κ3) is 4.41. The minimum absolute atomic E-state index is 0.285. The molecule has 12 aromatic rings. The fraction of sp³-hybridized carbons (Fsp3) is 0.0351. The summed E-state index contributed by atoms with van der Waals surface area (Å²) in [7, 11) is 0. The van der Waals surface area contributed by atoms with Crippen molar-refractivity contribution in [2.45, 2.75) is 12.3 Å². The number of hydrogen-bond donors (Lipinski definition) is 0. The first kappa shape index (κ1) is 34.5. The van der Waals surface area contributed by atoms with E-state index in [-0.39, 0.29) is 5.82 Å². The summed E-state index contributed by atoms with van der Waals surface area (Å²) in [6.07, 6.45) is 3.69. The van der Waals surface area contributed by atoms with Gasteiger partial charge in [-0.15, -0.1) is 0 Å². The quantitative estimate of drug-likeness (QED) is 0.178. The molecule has 2 aliphatic carbocycles. The molecule has 63 heavy (non-hydrogen) atoms. The largest absolute Gasteiger partial charge is 0.464 e. The predicted octanol–water partition coefficient (Wildman–Crippen LogP) is 15.1. The average molecular weight is 812 g/mol. The van der Waals surface area contributed by atoms with Crippen LogP contribution in [0.1, 0.15) is 27.8 Å². The zero-order chi connectivity index (χ0) is 41.6. The molecule has 4 aromatic heterocycles. The molecule has 1 atom stereocenters. The maximum atomic E-state index is 16.0. The third-order valence-electron chi connectivity index (χ3n) is 13.6. The van der Waals surface area contributed by atoms with Gasteiger partial charge < -0.3 is 13.4 Å². The van der Waals surface area contributed by atoms with Gasteiger partial charge >= 0.3 is 0 Å². The third-order valence-corrected chi connectivity index (χ3v) is 13.6. The molecule has 0 aliphatic heterocycles. The van der Waals surface area contributed by atoms with E-state index in [4.69, 9.17) is 13.8 Å². The Balaban J connectivity index is 1.19. The summed E-state index contributed by atoms with van der Waals surface area (Å²) >= 11 is 0. The molecule has 0 radical (unpaired) electrons. The maximum Gasteiger partial charge on any atom is 0.145 e. The minimum atomic E-state index is -0.913. The summed E-state index contributed by atoms with van der Waals surface area (Å²) in [6.45, 7) is 2.07. The standard InChI is InChI=1S/C57H34FN3O2/c1-33-22-27-50(59-32-33)61(47-20-11-19-46-51(47)39-15-6-9-18-45(39)60(46)36-12-3-2-4-13-36)48-31-44-54(56-52(48)40-16-7-10-21-49(40)63-56)53-42(26-23-34-28-29-62-55(34)53)57(44)41-17-8-5-14-37(41)38-25-24-35(58)30-43(38)57/h2-32H,1H3. The molecule has 1 spiro atoms. The van der Waals surface area contributed by atoms with E-state index in [1.807, 2.05) is 30.5 Å². The molecule has 6 heteroatoms. The predicted molar refractivity (Wildman–Crippen MR) is 251 cm³/mol. The van der Waals surface area contributed by atoms with Gasteiger partial charge in [-0.3, -0.25) is 4.90 Å². The number of aromatic nitrogens is 2. The molecule has 0 saturated carbocycles. The maximum absolute atomic E-state index is 16.0. The Bertz CT molecular complexity index is 3900. The Labute approximate surface area is 360 Å². The van der Waals surface area contributed by atoms with E-state index in [2.05, 4.69) is 156 Å². The molecule has 0 N–H and O–H groups in total. The van der Waals surface area contributed by atoms with Crippen molar-refractivity contribution in [3.63, 3.8) is 0 Å². The second-order valence-corrected chi connectivity index (χ2v) is 16.8. The van der Waals surface area contributed by atoms with Crippen LogP contribution in [0.4, 0.5) is 21.6 Å². The van der Waals surface area contributed by atoms with Crippen molar-refractivity contribution in [1.29, 1.82) is 0 Å². The fourth-order valence-electron chi connectivity index (χ4n) is 11.2. The van der Waals surface area contributed by atoms with Gasteiger partial charge in [0.1, 0.15) is 28.4 Å². The molecule has 1 unspecified atom stereocenters. The second-order valence-electron chi connectivity index (χ2n) is 16.8. The van der Waals surface area contributed by atoms with Crippen molar-refractivity contribution in [3.05, 3.63) is 222 Å². The van der Waals surface area contributed by atoms with Gasteiger partial charge in [0.25, 0.3) is 0 Å². The van der Waals surface area contributed by atoms with E-state index < -0.39 is 5.41 Å². The average Bonchev–Trinajstić information content (AvgIpc) is 4.14. The van der Waals surface area contributed by atoms with E-state index in [1.165, 1.54) is 0 Å². The summed E-state index contributed by atoms with van der Waals surface area (Å²) in [5, 5.41) is 5.13. The van der Waals surface area contributed by atoms with Gasteiger partial charge in [-0.2, -0.15) is 0 Å². The first-order chi connectivity index (χ1) is 31.1. The monoisotopic (exact) mass is 811 g/mol. The van der Waals surface area contributed by atoms with Gasteiger partial charge in [0, 0.05) is 44.6 Å². The molecule has 0 amide bonds. The van der Waals surface area contributed by atoms with Crippen LogP contribution in [-0.2, 0) is 5.41 Å².